The van der Waals surface area contributed by atoms with Crippen LogP contribution in [0.4, 0.5) is 11.4 Å². The highest BCUT2D eigenvalue weighted by Crippen LogP contribution is 2.33. The Hall–Kier alpha value is -4.26. The summed E-state index contributed by atoms with van der Waals surface area (Å²) in [4.78, 5) is 53.8. The number of carbonyl (C=O) groups excluding carboxylic acids is 4. The Kier molecular flexibility index (Phi) is 5.47. The lowest BCUT2D eigenvalue weighted by Crippen LogP contribution is -2.30. The van der Waals surface area contributed by atoms with Crippen molar-refractivity contribution >= 4 is 35.1 Å². The molecule has 5 rings (SSSR count). The molecule has 1 atom stereocenters. The molecule has 3 amide bonds. The van der Waals surface area contributed by atoms with E-state index in [2.05, 4.69) is 0 Å². The molecule has 0 saturated carbocycles. The van der Waals surface area contributed by atoms with E-state index in [9.17, 15) is 19.2 Å². The Morgan fingerprint density at radius 2 is 1.51 bits per heavy atom. The molecular formula is C28H24N2O5. The van der Waals surface area contributed by atoms with Gasteiger partial charge in [0.25, 0.3) is 11.8 Å². The van der Waals surface area contributed by atoms with Crippen molar-refractivity contribution in [2.24, 2.45) is 5.92 Å². The van der Waals surface area contributed by atoms with E-state index in [1.54, 1.807) is 54.3 Å². The van der Waals surface area contributed by atoms with Crippen molar-refractivity contribution in [3.63, 3.8) is 0 Å². The van der Waals surface area contributed by atoms with Crippen LogP contribution >= 0.6 is 0 Å². The first-order valence-corrected chi connectivity index (χ1v) is 11.4. The van der Waals surface area contributed by atoms with Gasteiger partial charge in [-0.05, 0) is 79.9 Å². The van der Waals surface area contributed by atoms with Gasteiger partial charge in [0.15, 0.2) is 0 Å². The van der Waals surface area contributed by atoms with Gasteiger partial charge in [-0.1, -0.05) is 18.2 Å². The van der Waals surface area contributed by atoms with Gasteiger partial charge in [0.1, 0.15) is 5.75 Å². The van der Waals surface area contributed by atoms with Gasteiger partial charge >= 0.3 is 5.97 Å². The average Bonchev–Trinajstić information content (AvgIpc) is 3.34. The van der Waals surface area contributed by atoms with Gasteiger partial charge in [0.2, 0.25) is 5.91 Å². The van der Waals surface area contributed by atoms with E-state index in [0.29, 0.717) is 28.1 Å². The van der Waals surface area contributed by atoms with Crippen LogP contribution in [0.25, 0.3) is 0 Å². The molecule has 0 N–H and O–H groups in total. The Balaban J connectivity index is 1.30. The average molecular weight is 469 g/mol. The van der Waals surface area contributed by atoms with Crippen LogP contribution in [0.1, 0.15) is 43.8 Å². The number of anilines is 2. The van der Waals surface area contributed by atoms with Crippen LogP contribution in [0, 0.1) is 26.7 Å². The van der Waals surface area contributed by atoms with Gasteiger partial charge in [0, 0.05) is 18.7 Å². The molecule has 0 unspecified atom stereocenters. The fourth-order valence-corrected chi connectivity index (χ4v) is 4.56. The molecule has 1 fully saturated rings. The topological polar surface area (TPSA) is 84.0 Å². The Morgan fingerprint density at radius 3 is 2.14 bits per heavy atom. The second-order valence-electron chi connectivity index (χ2n) is 9.03. The zero-order chi connectivity index (χ0) is 24.9. The SMILES string of the molecule is Cc1ccc(N2C[C@@H](C(=O)Oc3ccc(N4C(=O)c5ccccc5C4=O)c(C)c3)CC2=O)cc1C. The number of esters is 1. The van der Waals surface area contributed by atoms with Gasteiger partial charge in [0.05, 0.1) is 22.7 Å². The molecule has 0 spiro atoms. The van der Waals surface area contributed by atoms with Crippen LogP contribution in [0.5, 0.6) is 5.75 Å². The van der Waals surface area contributed by atoms with E-state index >= 15 is 0 Å². The highest BCUT2D eigenvalue weighted by molar-refractivity contribution is 6.34. The maximum atomic E-state index is 12.8. The summed E-state index contributed by atoms with van der Waals surface area (Å²) in [6, 6.07) is 17.3. The fraction of sp³-hybridized carbons (Fsp3) is 0.214. The number of hydrogen-bond acceptors (Lipinski definition) is 5. The van der Waals surface area contributed by atoms with Gasteiger partial charge in [-0.25, -0.2) is 4.90 Å². The number of hydrogen-bond donors (Lipinski definition) is 0. The second-order valence-corrected chi connectivity index (χ2v) is 9.03. The van der Waals surface area contributed by atoms with Crippen LogP contribution in [0.2, 0.25) is 0 Å². The fourth-order valence-electron chi connectivity index (χ4n) is 4.56. The number of rotatable bonds is 4. The van der Waals surface area contributed by atoms with Crippen LogP contribution in [0.3, 0.4) is 0 Å². The number of imide groups is 1. The van der Waals surface area contributed by atoms with Gasteiger partial charge in [-0.2, -0.15) is 0 Å². The molecule has 0 radical (unpaired) electrons. The molecule has 3 aromatic rings. The third-order valence-electron chi connectivity index (χ3n) is 6.68. The molecule has 35 heavy (non-hydrogen) atoms. The quantitative estimate of drug-likeness (QED) is 0.323. The molecule has 0 aromatic heterocycles. The summed E-state index contributed by atoms with van der Waals surface area (Å²) in [6.07, 6.45) is 0.0812. The lowest BCUT2D eigenvalue weighted by atomic mass is 10.1. The highest BCUT2D eigenvalue weighted by Gasteiger charge is 2.38. The van der Waals surface area contributed by atoms with E-state index in [1.165, 1.54) is 0 Å². The molecule has 2 aliphatic rings. The number of ether oxygens (including phenoxy) is 1. The summed E-state index contributed by atoms with van der Waals surface area (Å²) >= 11 is 0. The number of amides is 3. The van der Waals surface area contributed by atoms with Crippen molar-refractivity contribution in [1.29, 1.82) is 0 Å². The van der Waals surface area contributed by atoms with Crippen molar-refractivity contribution in [1.82, 2.24) is 0 Å². The number of aryl methyl sites for hydroxylation is 3. The first kappa shape index (κ1) is 22.5. The first-order chi connectivity index (χ1) is 16.7. The normalized spacial score (nSPS) is 17.2. The summed E-state index contributed by atoms with van der Waals surface area (Å²) < 4.78 is 5.58. The zero-order valence-corrected chi connectivity index (χ0v) is 19.7. The number of carbonyl (C=O) groups is 4. The van der Waals surface area contributed by atoms with Gasteiger partial charge in [-0.15, -0.1) is 0 Å². The standard InChI is InChI=1S/C28H24N2O5/c1-16-8-9-20(12-17(16)2)29-15-19(14-25(29)31)28(34)35-21-10-11-24(18(3)13-21)30-26(32)22-6-4-5-7-23(22)27(30)33/h4-13,19H,14-15H2,1-3H3/t19-/m0/s1. The largest absolute Gasteiger partial charge is 0.426 e. The molecule has 2 heterocycles. The van der Waals surface area contributed by atoms with Gasteiger partial charge in [-0.3, -0.25) is 19.2 Å². The van der Waals surface area contributed by atoms with Crippen molar-refractivity contribution in [2.75, 3.05) is 16.3 Å². The predicted molar refractivity (Wildman–Crippen MR) is 131 cm³/mol. The number of benzene rings is 3. The third kappa shape index (κ3) is 3.89. The maximum absolute atomic E-state index is 12.8. The molecule has 2 aliphatic heterocycles. The predicted octanol–water partition coefficient (Wildman–Crippen LogP) is 4.37. The summed E-state index contributed by atoms with van der Waals surface area (Å²) in [5.74, 6) is -1.65. The number of nitrogens with zero attached hydrogens (tertiary/aromatic N) is 2. The molecule has 0 aliphatic carbocycles. The minimum absolute atomic E-state index is 0.0812. The Bertz CT molecular complexity index is 1380. The van der Waals surface area contributed by atoms with Crippen LogP contribution < -0.4 is 14.5 Å². The van der Waals surface area contributed by atoms with Crippen LogP contribution in [-0.2, 0) is 9.59 Å². The van der Waals surface area contributed by atoms with Crippen molar-refractivity contribution in [3.8, 4) is 5.75 Å². The lowest BCUT2D eigenvalue weighted by molar-refractivity contribution is -0.139. The van der Waals surface area contributed by atoms with E-state index in [-0.39, 0.29) is 30.7 Å². The summed E-state index contributed by atoms with van der Waals surface area (Å²) in [7, 11) is 0. The smallest absolute Gasteiger partial charge is 0.316 e. The Labute approximate surface area is 202 Å². The second kappa shape index (κ2) is 8.51. The lowest BCUT2D eigenvalue weighted by Gasteiger charge is -2.18. The Morgan fingerprint density at radius 1 is 0.829 bits per heavy atom. The molecule has 7 heteroatoms. The van der Waals surface area contributed by atoms with Gasteiger partial charge < -0.3 is 9.64 Å². The summed E-state index contributed by atoms with van der Waals surface area (Å²) in [5, 5.41) is 0. The van der Waals surface area contributed by atoms with E-state index < -0.39 is 11.9 Å². The summed E-state index contributed by atoms with van der Waals surface area (Å²) in [5.41, 5.74) is 4.77. The van der Waals surface area contributed by atoms with Crippen molar-refractivity contribution in [3.05, 3.63) is 88.5 Å². The molecule has 0 bridgehead atoms. The maximum Gasteiger partial charge on any atom is 0.316 e. The third-order valence-corrected chi connectivity index (χ3v) is 6.68. The van der Waals surface area contributed by atoms with E-state index in [4.69, 9.17) is 4.74 Å². The van der Waals surface area contributed by atoms with E-state index in [1.807, 2.05) is 32.0 Å². The minimum atomic E-state index is -0.583. The van der Waals surface area contributed by atoms with Crippen molar-refractivity contribution < 1.29 is 23.9 Å². The van der Waals surface area contributed by atoms with Crippen molar-refractivity contribution in [2.45, 2.75) is 27.2 Å². The molecule has 1 saturated heterocycles. The van der Waals surface area contributed by atoms with E-state index in [0.717, 1.165) is 21.7 Å². The monoisotopic (exact) mass is 468 g/mol. The van der Waals surface area contributed by atoms with Crippen LogP contribution in [-0.4, -0.2) is 30.2 Å². The molecule has 176 valence electrons. The molecule has 3 aromatic carbocycles. The zero-order valence-electron chi connectivity index (χ0n) is 19.7. The highest BCUT2D eigenvalue weighted by atomic mass is 16.5. The number of fused-ring (bicyclic) bond motifs is 1. The first-order valence-electron chi connectivity index (χ1n) is 11.4. The molecule has 7 nitrogen and oxygen atoms in total. The summed E-state index contributed by atoms with van der Waals surface area (Å²) in [6.45, 7) is 5.99. The minimum Gasteiger partial charge on any atom is -0.426 e. The molecular weight excluding hydrogens is 444 g/mol. The van der Waals surface area contributed by atoms with Crippen LogP contribution in [0.15, 0.2) is 60.7 Å².